The van der Waals surface area contributed by atoms with Crippen molar-refractivity contribution < 1.29 is 13.9 Å². The summed E-state index contributed by atoms with van der Waals surface area (Å²) in [6.45, 7) is 2.53. The second-order valence-corrected chi connectivity index (χ2v) is 6.36. The fraction of sp³-hybridized carbons (Fsp3) is 0.235. The van der Waals surface area contributed by atoms with Crippen molar-refractivity contribution in [2.45, 2.75) is 19.6 Å². The highest BCUT2D eigenvalue weighted by Gasteiger charge is 2.10. The van der Waals surface area contributed by atoms with Gasteiger partial charge in [-0.3, -0.25) is 4.79 Å². The van der Waals surface area contributed by atoms with Gasteiger partial charge in [0.05, 0.1) is 12.7 Å². The number of benzene rings is 1. The van der Waals surface area contributed by atoms with Crippen LogP contribution < -0.4 is 20.7 Å². The Labute approximate surface area is 152 Å². The zero-order valence-electron chi connectivity index (χ0n) is 14.1. The molecule has 0 saturated carbocycles. The van der Waals surface area contributed by atoms with Gasteiger partial charge in [0, 0.05) is 23.6 Å². The molecule has 2 N–H and O–H groups in total. The van der Waals surface area contributed by atoms with Gasteiger partial charge in [-0.15, -0.1) is 0 Å². The Bertz CT molecular complexity index is 917. The number of hydrogen-bond donors (Lipinski definition) is 2. The number of aromatic nitrogens is 3. The van der Waals surface area contributed by atoms with Crippen molar-refractivity contribution in [3.8, 4) is 5.75 Å². The second-order valence-electron chi connectivity index (χ2n) is 5.74. The summed E-state index contributed by atoms with van der Waals surface area (Å²) in [5, 5.41) is 10.8. The van der Waals surface area contributed by atoms with Crippen LogP contribution in [0.25, 0.3) is 5.65 Å². The molecule has 0 aliphatic heterocycles. The molecule has 0 spiro atoms. The minimum absolute atomic E-state index is 0.245. The fourth-order valence-electron chi connectivity index (χ4n) is 2.44. The van der Waals surface area contributed by atoms with Gasteiger partial charge < -0.3 is 15.4 Å². The van der Waals surface area contributed by atoms with Crippen LogP contribution in [0.3, 0.4) is 0 Å². The molecule has 2 heterocycles. The minimum atomic E-state index is -0.348. The minimum Gasteiger partial charge on any atom is -0.489 e. The smallest absolute Gasteiger partial charge is 0.207 e. The Balaban J connectivity index is 1.74. The number of halogens is 1. The maximum atomic E-state index is 13.7. The van der Waals surface area contributed by atoms with Crippen LogP contribution in [-0.2, 0) is 11.3 Å². The normalized spacial score (nSPS) is 12.0. The van der Waals surface area contributed by atoms with Crippen molar-refractivity contribution in [1.29, 1.82) is 0 Å². The van der Waals surface area contributed by atoms with E-state index in [1.807, 2.05) is 6.92 Å². The molecule has 0 saturated heterocycles. The van der Waals surface area contributed by atoms with Crippen LogP contribution >= 0.6 is 9.24 Å². The summed E-state index contributed by atoms with van der Waals surface area (Å²) >= 11 is 0. The highest BCUT2D eigenvalue weighted by Crippen LogP contribution is 2.22. The van der Waals surface area contributed by atoms with Crippen molar-refractivity contribution in [2.24, 2.45) is 0 Å². The zero-order chi connectivity index (χ0) is 18.5. The first kappa shape index (κ1) is 18.1. The molecule has 26 heavy (non-hydrogen) atoms. The Kier molecular flexibility index (Phi) is 5.63. The molecule has 3 aromatic rings. The maximum absolute atomic E-state index is 13.7. The van der Waals surface area contributed by atoms with Crippen molar-refractivity contribution in [2.75, 3.05) is 11.9 Å². The van der Waals surface area contributed by atoms with Crippen molar-refractivity contribution in [3.05, 3.63) is 48.0 Å². The molecule has 3 rings (SSSR count). The predicted octanol–water partition coefficient (Wildman–Crippen LogP) is 1.49. The van der Waals surface area contributed by atoms with Gasteiger partial charge in [0.25, 0.3) is 0 Å². The van der Waals surface area contributed by atoms with E-state index in [-0.39, 0.29) is 11.9 Å². The molecule has 2 unspecified atom stereocenters. The summed E-state index contributed by atoms with van der Waals surface area (Å²) in [6, 6.07) is 6.13. The Morgan fingerprint density at radius 2 is 2.27 bits per heavy atom. The molecule has 0 fully saturated rings. The van der Waals surface area contributed by atoms with Gasteiger partial charge in [0.15, 0.2) is 5.65 Å². The van der Waals surface area contributed by atoms with E-state index in [4.69, 9.17) is 4.74 Å². The lowest BCUT2D eigenvalue weighted by Gasteiger charge is -2.17. The molecule has 136 valence electrons. The average molecular weight is 375 g/mol. The molecule has 1 aromatic carbocycles. The van der Waals surface area contributed by atoms with E-state index >= 15 is 0 Å². The first-order valence-corrected chi connectivity index (χ1v) is 8.60. The standard InChI is InChI=1S/C17H19FN5O2P/c1-11(7-19-10-24)25-14-3-2-13(18)6-12(14)8-20-16-4-5-23-17(22-16)15(26)9-21-23/h2-6,9-11H,7-8,26H2,1H3,(H,19,24)(H,20,22). The number of ether oxygens (including phenoxy) is 1. The van der Waals surface area contributed by atoms with Crippen LogP contribution in [-0.4, -0.2) is 33.7 Å². The third-order valence-corrected chi connectivity index (χ3v) is 4.10. The summed E-state index contributed by atoms with van der Waals surface area (Å²) in [5.74, 6) is 0.850. The summed E-state index contributed by atoms with van der Waals surface area (Å²) in [6.07, 6.45) is 3.88. The van der Waals surface area contributed by atoms with E-state index in [0.717, 1.165) is 11.0 Å². The quantitative estimate of drug-likeness (QED) is 0.461. The van der Waals surface area contributed by atoms with Crippen LogP contribution in [0.4, 0.5) is 10.2 Å². The van der Waals surface area contributed by atoms with Gasteiger partial charge in [0.2, 0.25) is 6.41 Å². The topological polar surface area (TPSA) is 80.5 Å². The van der Waals surface area contributed by atoms with Gasteiger partial charge in [0.1, 0.15) is 23.5 Å². The van der Waals surface area contributed by atoms with E-state index in [1.165, 1.54) is 12.1 Å². The number of hydrogen-bond acceptors (Lipinski definition) is 5. The van der Waals surface area contributed by atoms with Gasteiger partial charge in [-0.2, -0.15) is 5.10 Å². The van der Waals surface area contributed by atoms with E-state index in [0.29, 0.717) is 36.6 Å². The molecule has 7 nitrogen and oxygen atoms in total. The van der Waals surface area contributed by atoms with Crippen LogP contribution in [0.1, 0.15) is 12.5 Å². The lowest BCUT2D eigenvalue weighted by molar-refractivity contribution is -0.109. The Morgan fingerprint density at radius 1 is 1.42 bits per heavy atom. The van der Waals surface area contributed by atoms with Crippen LogP contribution in [0, 0.1) is 5.82 Å². The van der Waals surface area contributed by atoms with Crippen LogP contribution in [0.2, 0.25) is 0 Å². The zero-order valence-corrected chi connectivity index (χ0v) is 15.3. The SMILES string of the molecule is CC(CNC=O)Oc1ccc(F)cc1CNc1ccn2ncc(P)c2n1. The summed E-state index contributed by atoms with van der Waals surface area (Å²) in [5.41, 5.74) is 1.38. The number of anilines is 1. The molecule has 0 aliphatic carbocycles. The molecule has 2 aromatic heterocycles. The Hall–Kier alpha value is -2.73. The fourth-order valence-corrected chi connectivity index (χ4v) is 2.71. The summed E-state index contributed by atoms with van der Waals surface area (Å²) < 4.78 is 21.1. The molecule has 0 radical (unpaired) electrons. The number of amides is 1. The second kappa shape index (κ2) is 8.10. The third-order valence-electron chi connectivity index (χ3n) is 3.70. The van der Waals surface area contributed by atoms with Crippen molar-refractivity contribution in [3.63, 3.8) is 0 Å². The summed E-state index contributed by atoms with van der Waals surface area (Å²) in [7, 11) is 2.58. The lowest BCUT2D eigenvalue weighted by atomic mass is 10.2. The van der Waals surface area contributed by atoms with E-state index in [9.17, 15) is 9.18 Å². The van der Waals surface area contributed by atoms with Crippen molar-refractivity contribution >= 4 is 32.4 Å². The Morgan fingerprint density at radius 3 is 3.08 bits per heavy atom. The number of fused-ring (bicyclic) bond motifs is 1. The molecule has 0 aliphatic rings. The predicted molar refractivity (Wildman–Crippen MR) is 100 cm³/mol. The first-order valence-electron chi connectivity index (χ1n) is 8.02. The number of carbonyl (C=O) groups is 1. The molecule has 2 atom stereocenters. The van der Waals surface area contributed by atoms with Gasteiger partial charge in [-0.05, 0) is 31.2 Å². The molecule has 1 amide bonds. The largest absolute Gasteiger partial charge is 0.489 e. The highest BCUT2D eigenvalue weighted by molar-refractivity contribution is 7.28. The first-order chi connectivity index (χ1) is 12.6. The molecular formula is C17H19FN5O2P. The van der Waals surface area contributed by atoms with Gasteiger partial charge >= 0.3 is 0 Å². The van der Waals surface area contributed by atoms with Gasteiger partial charge in [-0.25, -0.2) is 13.9 Å². The third kappa shape index (κ3) is 4.26. The number of carbonyl (C=O) groups excluding carboxylic acids is 1. The number of rotatable bonds is 8. The molecule has 9 heteroatoms. The number of nitrogens with zero attached hydrogens (tertiary/aromatic N) is 3. The van der Waals surface area contributed by atoms with Crippen LogP contribution in [0.5, 0.6) is 5.75 Å². The monoisotopic (exact) mass is 375 g/mol. The summed E-state index contributed by atoms with van der Waals surface area (Å²) in [4.78, 5) is 14.9. The average Bonchev–Trinajstić information content (AvgIpc) is 3.00. The van der Waals surface area contributed by atoms with Crippen molar-refractivity contribution in [1.82, 2.24) is 19.9 Å². The maximum Gasteiger partial charge on any atom is 0.207 e. The van der Waals surface area contributed by atoms with E-state index in [2.05, 4.69) is 30.0 Å². The van der Waals surface area contributed by atoms with E-state index < -0.39 is 0 Å². The lowest BCUT2D eigenvalue weighted by Crippen LogP contribution is -2.28. The van der Waals surface area contributed by atoms with Gasteiger partial charge in [-0.1, -0.05) is 9.24 Å². The number of nitrogens with one attached hydrogen (secondary N) is 2. The van der Waals surface area contributed by atoms with Crippen LogP contribution in [0.15, 0.2) is 36.7 Å². The highest BCUT2D eigenvalue weighted by atomic mass is 31.0. The van der Waals surface area contributed by atoms with E-state index in [1.54, 1.807) is 29.0 Å². The molecule has 0 bridgehead atoms. The molecular weight excluding hydrogens is 356 g/mol.